The molecule has 1 aromatic carbocycles. The average Bonchev–Trinajstić information content (AvgIpc) is 2.88. The van der Waals surface area contributed by atoms with Crippen LogP contribution in [0.15, 0.2) is 30.3 Å². The van der Waals surface area contributed by atoms with Gasteiger partial charge in [0.05, 0.1) is 17.8 Å². The van der Waals surface area contributed by atoms with Crippen molar-refractivity contribution >= 4 is 17.5 Å². The van der Waals surface area contributed by atoms with Gasteiger partial charge in [-0.15, -0.1) is 0 Å². The van der Waals surface area contributed by atoms with Gasteiger partial charge in [0, 0.05) is 25.7 Å². The van der Waals surface area contributed by atoms with Crippen LogP contribution in [0.5, 0.6) is 0 Å². The molecule has 28 heavy (non-hydrogen) atoms. The number of nitrogens with one attached hydrogen (secondary N) is 1. The summed E-state index contributed by atoms with van der Waals surface area (Å²) in [5.41, 5.74) is 2.23. The van der Waals surface area contributed by atoms with Crippen molar-refractivity contribution in [3.63, 3.8) is 0 Å². The van der Waals surface area contributed by atoms with Crippen LogP contribution in [0.2, 0.25) is 5.15 Å². The highest BCUT2D eigenvalue weighted by Crippen LogP contribution is 2.22. The number of halogens is 1. The molecule has 5 nitrogen and oxygen atoms in total. The molecule has 6 heteroatoms. The summed E-state index contributed by atoms with van der Waals surface area (Å²) in [4.78, 5) is 15.3. The lowest BCUT2D eigenvalue weighted by Gasteiger charge is -2.36. The van der Waals surface area contributed by atoms with E-state index in [9.17, 15) is 4.79 Å². The maximum Gasteiger partial charge on any atom is 0.256 e. The van der Waals surface area contributed by atoms with Crippen LogP contribution < -0.4 is 5.32 Å². The van der Waals surface area contributed by atoms with E-state index in [4.69, 9.17) is 11.6 Å². The van der Waals surface area contributed by atoms with Crippen LogP contribution in [0.25, 0.3) is 0 Å². The van der Waals surface area contributed by atoms with Crippen molar-refractivity contribution in [2.24, 2.45) is 11.8 Å². The van der Waals surface area contributed by atoms with E-state index in [-0.39, 0.29) is 11.9 Å². The second kappa shape index (κ2) is 9.10. The van der Waals surface area contributed by atoms with Crippen molar-refractivity contribution in [3.05, 3.63) is 52.3 Å². The van der Waals surface area contributed by atoms with Gasteiger partial charge in [-0.2, -0.15) is 5.10 Å². The number of hydrogen-bond acceptors (Lipinski definition) is 3. The number of likely N-dealkylation sites (tertiary alicyclic amines) is 1. The largest absolute Gasteiger partial charge is 0.348 e. The van der Waals surface area contributed by atoms with E-state index in [1.54, 1.807) is 4.68 Å². The van der Waals surface area contributed by atoms with Crippen molar-refractivity contribution in [3.8, 4) is 0 Å². The van der Waals surface area contributed by atoms with Gasteiger partial charge < -0.3 is 10.2 Å². The summed E-state index contributed by atoms with van der Waals surface area (Å²) in [6, 6.07) is 10.0. The molecule has 0 saturated carbocycles. The van der Waals surface area contributed by atoms with E-state index in [0.29, 0.717) is 34.8 Å². The number of rotatable bonds is 6. The number of amides is 1. The standard InChI is InChI=1S/C22H31ClN4O/c1-15-10-16(2)12-26(11-15)13-17(3)24-22(28)20-18(4)25-27(21(20)23)14-19-8-6-5-7-9-19/h5-9,15-17H,10-14H2,1-4H3,(H,24,28)/t15-,16+,17-/m0/s1. The Morgan fingerprint density at radius 3 is 2.54 bits per heavy atom. The fourth-order valence-electron chi connectivity index (χ4n) is 4.34. The molecule has 1 saturated heterocycles. The minimum absolute atomic E-state index is 0.0536. The first-order valence-corrected chi connectivity index (χ1v) is 10.5. The van der Waals surface area contributed by atoms with Crippen molar-refractivity contribution in [1.82, 2.24) is 20.0 Å². The molecule has 1 aliphatic heterocycles. The van der Waals surface area contributed by atoms with E-state index >= 15 is 0 Å². The van der Waals surface area contributed by atoms with Gasteiger partial charge in [-0.1, -0.05) is 55.8 Å². The Labute approximate surface area is 173 Å². The maximum atomic E-state index is 12.9. The van der Waals surface area contributed by atoms with Gasteiger partial charge in [0.25, 0.3) is 5.91 Å². The lowest BCUT2D eigenvalue weighted by Crippen LogP contribution is -2.47. The summed E-state index contributed by atoms with van der Waals surface area (Å²) >= 11 is 6.52. The Bertz CT molecular complexity index is 794. The van der Waals surface area contributed by atoms with Gasteiger partial charge >= 0.3 is 0 Å². The van der Waals surface area contributed by atoms with E-state index in [0.717, 1.165) is 25.2 Å². The molecule has 1 aliphatic rings. The minimum atomic E-state index is -0.146. The average molecular weight is 403 g/mol. The van der Waals surface area contributed by atoms with Crippen LogP contribution in [-0.2, 0) is 6.54 Å². The molecule has 1 aromatic heterocycles. The van der Waals surface area contributed by atoms with Crippen molar-refractivity contribution in [2.45, 2.75) is 46.7 Å². The zero-order valence-electron chi connectivity index (χ0n) is 17.3. The number of aromatic nitrogens is 2. The summed E-state index contributed by atoms with van der Waals surface area (Å²) in [5, 5.41) is 7.99. The summed E-state index contributed by atoms with van der Waals surface area (Å²) < 4.78 is 1.69. The van der Waals surface area contributed by atoms with Gasteiger partial charge in [-0.3, -0.25) is 4.79 Å². The number of carbonyl (C=O) groups is 1. The third kappa shape index (κ3) is 5.15. The molecule has 2 heterocycles. The van der Waals surface area contributed by atoms with Crippen molar-refractivity contribution in [2.75, 3.05) is 19.6 Å². The summed E-state index contributed by atoms with van der Waals surface area (Å²) in [6.45, 7) is 12.1. The molecule has 3 atom stereocenters. The third-order valence-electron chi connectivity index (χ3n) is 5.32. The Kier molecular flexibility index (Phi) is 6.78. The van der Waals surface area contributed by atoms with E-state index < -0.39 is 0 Å². The van der Waals surface area contributed by atoms with E-state index in [1.165, 1.54) is 6.42 Å². The topological polar surface area (TPSA) is 50.2 Å². The second-order valence-corrected chi connectivity index (χ2v) is 8.79. The molecular formula is C22H31ClN4O. The molecule has 3 rings (SSSR count). The van der Waals surface area contributed by atoms with Gasteiger partial charge in [0.1, 0.15) is 5.15 Å². The quantitative estimate of drug-likeness (QED) is 0.794. The fraction of sp³-hybridized carbons (Fsp3) is 0.545. The number of carbonyl (C=O) groups excluding carboxylic acids is 1. The first kappa shape index (κ1) is 20.9. The van der Waals surface area contributed by atoms with Crippen LogP contribution in [0.1, 0.15) is 48.8 Å². The Morgan fingerprint density at radius 2 is 1.89 bits per heavy atom. The first-order valence-electron chi connectivity index (χ1n) is 10.1. The number of aryl methyl sites for hydroxylation is 1. The smallest absolute Gasteiger partial charge is 0.256 e. The highest BCUT2D eigenvalue weighted by molar-refractivity contribution is 6.33. The van der Waals surface area contributed by atoms with Crippen LogP contribution in [0.4, 0.5) is 0 Å². The number of benzene rings is 1. The molecule has 1 N–H and O–H groups in total. The van der Waals surface area contributed by atoms with Gasteiger partial charge in [0.15, 0.2) is 0 Å². The number of piperidine rings is 1. The number of nitrogens with zero attached hydrogens (tertiary/aromatic N) is 3. The zero-order chi connectivity index (χ0) is 20.3. The van der Waals surface area contributed by atoms with Gasteiger partial charge in [-0.25, -0.2) is 4.68 Å². The summed E-state index contributed by atoms with van der Waals surface area (Å²) in [5.74, 6) is 1.27. The summed E-state index contributed by atoms with van der Waals surface area (Å²) in [6.07, 6.45) is 1.28. The Morgan fingerprint density at radius 1 is 1.25 bits per heavy atom. The highest BCUT2D eigenvalue weighted by atomic mass is 35.5. The predicted octanol–water partition coefficient (Wildman–Crippen LogP) is 3.99. The van der Waals surface area contributed by atoms with Crippen molar-refractivity contribution < 1.29 is 4.79 Å². The normalized spacial score (nSPS) is 21.5. The predicted molar refractivity (Wildman–Crippen MR) is 114 cm³/mol. The third-order valence-corrected chi connectivity index (χ3v) is 5.71. The lowest BCUT2D eigenvalue weighted by molar-refractivity contribution is 0.0904. The molecule has 0 spiro atoms. The Hall–Kier alpha value is -1.85. The maximum absolute atomic E-state index is 12.9. The molecule has 0 aliphatic carbocycles. The van der Waals surface area contributed by atoms with Gasteiger partial charge in [0.2, 0.25) is 0 Å². The molecule has 0 radical (unpaired) electrons. The molecule has 0 bridgehead atoms. The molecular weight excluding hydrogens is 372 g/mol. The van der Waals surface area contributed by atoms with Crippen LogP contribution in [0, 0.1) is 18.8 Å². The molecule has 0 unspecified atom stereocenters. The molecule has 1 amide bonds. The highest BCUT2D eigenvalue weighted by Gasteiger charge is 2.25. The molecule has 1 fully saturated rings. The SMILES string of the molecule is Cc1nn(Cc2ccccc2)c(Cl)c1C(=O)N[C@@H](C)CN1C[C@H](C)C[C@H](C)C1. The van der Waals surface area contributed by atoms with Crippen LogP contribution in [0.3, 0.4) is 0 Å². The van der Waals surface area contributed by atoms with Crippen LogP contribution in [-0.4, -0.2) is 46.3 Å². The zero-order valence-corrected chi connectivity index (χ0v) is 18.0. The minimum Gasteiger partial charge on any atom is -0.348 e. The van der Waals surface area contributed by atoms with E-state index in [1.807, 2.05) is 37.3 Å². The monoisotopic (exact) mass is 402 g/mol. The summed E-state index contributed by atoms with van der Waals surface area (Å²) in [7, 11) is 0. The second-order valence-electron chi connectivity index (χ2n) is 8.43. The Balaban J connectivity index is 1.64. The van der Waals surface area contributed by atoms with E-state index in [2.05, 4.69) is 36.1 Å². The fourth-order valence-corrected chi connectivity index (χ4v) is 4.66. The first-order chi connectivity index (χ1) is 13.3. The number of hydrogen-bond donors (Lipinski definition) is 1. The van der Waals surface area contributed by atoms with Gasteiger partial charge in [-0.05, 0) is 37.7 Å². The molecule has 152 valence electrons. The van der Waals surface area contributed by atoms with Crippen LogP contribution >= 0.6 is 11.6 Å². The lowest BCUT2D eigenvalue weighted by atomic mass is 9.92. The molecule has 2 aromatic rings. The van der Waals surface area contributed by atoms with Crippen molar-refractivity contribution in [1.29, 1.82) is 0 Å².